The van der Waals surface area contributed by atoms with E-state index in [9.17, 15) is 4.79 Å². The van der Waals surface area contributed by atoms with Crippen LogP contribution < -0.4 is 5.32 Å². The third-order valence-corrected chi connectivity index (χ3v) is 4.84. The van der Waals surface area contributed by atoms with Gasteiger partial charge in [-0.25, -0.2) is 9.78 Å². The van der Waals surface area contributed by atoms with Crippen LogP contribution in [0.2, 0.25) is 0 Å². The number of fused-ring (bicyclic) bond motifs is 1. The van der Waals surface area contributed by atoms with Gasteiger partial charge in [0.1, 0.15) is 0 Å². The van der Waals surface area contributed by atoms with E-state index >= 15 is 0 Å². The van der Waals surface area contributed by atoms with Crippen LogP contribution in [-0.2, 0) is 13.0 Å². The van der Waals surface area contributed by atoms with Crippen LogP contribution in [-0.4, -0.2) is 34.1 Å². The molecule has 0 unspecified atom stereocenters. The van der Waals surface area contributed by atoms with Crippen LogP contribution in [0.1, 0.15) is 36.1 Å². The van der Waals surface area contributed by atoms with E-state index in [0.29, 0.717) is 5.92 Å². The Morgan fingerprint density at radius 2 is 2.29 bits per heavy atom. The van der Waals surface area contributed by atoms with Gasteiger partial charge in [-0.3, -0.25) is 0 Å². The van der Waals surface area contributed by atoms with E-state index in [4.69, 9.17) is 0 Å². The molecule has 24 heavy (non-hydrogen) atoms. The second-order valence-electron chi connectivity index (χ2n) is 6.89. The summed E-state index contributed by atoms with van der Waals surface area (Å²) in [5, 5.41) is 3.22. The number of hydrogen-bond donors (Lipinski definition) is 1. The summed E-state index contributed by atoms with van der Waals surface area (Å²) < 4.78 is 2.03. The molecule has 0 aliphatic heterocycles. The molecule has 2 aromatic rings. The smallest absolute Gasteiger partial charge is 0.317 e. The van der Waals surface area contributed by atoms with Crippen molar-refractivity contribution in [2.45, 2.75) is 39.3 Å². The molecule has 2 atom stereocenters. The number of aryl methyl sites for hydroxylation is 2. The number of nitrogens with zero attached hydrogens (tertiary/aromatic N) is 3. The molecule has 1 aliphatic rings. The maximum atomic E-state index is 12.5. The molecule has 1 N–H and O–H groups in total. The van der Waals surface area contributed by atoms with E-state index < -0.39 is 0 Å². The average Bonchev–Trinajstić information content (AvgIpc) is 3.16. The number of urea groups is 1. The van der Waals surface area contributed by atoms with Gasteiger partial charge >= 0.3 is 6.03 Å². The predicted molar refractivity (Wildman–Crippen MR) is 94.8 cm³/mol. The van der Waals surface area contributed by atoms with E-state index in [1.165, 1.54) is 16.7 Å². The first-order valence-corrected chi connectivity index (χ1v) is 8.61. The summed E-state index contributed by atoms with van der Waals surface area (Å²) >= 11 is 0. The third-order valence-electron chi connectivity index (χ3n) is 4.84. The average molecular weight is 326 g/mol. The first-order chi connectivity index (χ1) is 11.5. The molecular formula is C19H26N4O. The molecule has 128 valence electrons. The van der Waals surface area contributed by atoms with Crippen molar-refractivity contribution < 1.29 is 4.79 Å². The summed E-state index contributed by atoms with van der Waals surface area (Å²) in [6.45, 7) is 5.91. The normalized spacial score (nSPS) is 19.1. The number of aromatic nitrogens is 2. The highest BCUT2D eigenvalue weighted by atomic mass is 16.2. The van der Waals surface area contributed by atoms with Crippen LogP contribution in [0.15, 0.2) is 36.9 Å². The molecule has 0 fully saturated rings. The Balaban J connectivity index is 1.55. The van der Waals surface area contributed by atoms with E-state index in [0.717, 1.165) is 25.9 Å². The Kier molecular flexibility index (Phi) is 4.88. The highest BCUT2D eigenvalue weighted by molar-refractivity contribution is 5.74. The molecule has 0 saturated heterocycles. The molecule has 1 aromatic carbocycles. The minimum atomic E-state index is 0.00633. The van der Waals surface area contributed by atoms with Crippen molar-refractivity contribution in [3.05, 3.63) is 53.6 Å². The summed E-state index contributed by atoms with van der Waals surface area (Å²) in [5.74, 6) is 0.435. The van der Waals surface area contributed by atoms with E-state index in [1.54, 1.807) is 17.4 Å². The van der Waals surface area contributed by atoms with Crippen LogP contribution >= 0.6 is 0 Å². The predicted octanol–water partition coefficient (Wildman–Crippen LogP) is 3.16. The van der Waals surface area contributed by atoms with Crippen molar-refractivity contribution in [2.75, 3.05) is 13.6 Å². The number of carbonyl (C=O) groups excluding carboxylic acids is 1. The zero-order valence-electron chi connectivity index (χ0n) is 14.7. The van der Waals surface area contributed by atoms with Gasteiger partial charge in [0.2, 0.25) is 0 Å². The van der Waals surface area contributed by atoms with Crippen molar-refractivity contribution in [1.82, 2.24) is 19.8 Å². The minimum Gasteiger partial charge on any atom is -0.337 e. The van der Waals surface area contributed by atoms with Crippen molar-refractivity contribution in [3.63, 3.8) is 0 Å². The number of hydrogen-bond acceptors (Lipinski definition) is 2. The molecule has 1 heterocycles. The number of amides is 2. The fourth-order valence-electron chi connectivity index (χ4n) is 3.44. The Hall–Kier alpha value is -2.30. The van der Waals surface area contributed by atoms with Crippen molar-refractivity contribution in [2.24, 2.45) is 5.92 Å². The molecule has 1 aromatic heterocycles. The topological polar surface area (TPSA) is 50.2 Å². The van der Waals surface area contributed by atoms with Crippen molar-refractivity contribution in [3.8, 4) is 0 Å². The number of benzene rings is 1. The fraction of sp³-hybridized carbons (Fsp3) is 0.474. The van der Waals surface area contributed by atoms with Gasteiger partial charge in [-0.15, -0.1) is 0 Å². The minimum absolute atomic E-state index is 0.00633. The van der Waals surface area contributed by atoms with Gasteiger partial charge in [0.05, 0.1) is 12.4 Å². The molecule has 2 amide bonds. The highest BCUT2D eigenvalue weighted by Gasteiger charge is 2.31. The lowest BCUT2D eigenvalue weighted by Gasteiger charge is -2.24. The molecule has 5 nitrogen and oxygen atoms in total. The standard InChI is InChI=1S/C19H26N4O/c1-14-5-6-16-12-15(2)18(17(16)11-14)21-19(24)22(3)8-4-9-23-10-7-20-13-23/h5-7,10-11,13,15,18H,4,8-9,12H2,1-3H3,(H,21,24)/t15-,18-/m1/s1. The molecular weight excluding hydrogens is 300 g/mol. The van der Waals surface area contributed by atoms with E-state index in [-0.39, 0.29) is 12.1 Å². The third kappa shape index (κ3) is 3.61. The van der Waals surface area contributed by atoms with E-state index in [1.807, 2.05) is 17.8 Å². The lowest BCUT2D eigenvalue weighted by molar-refractivity contribution is 0.200. The summed E-state index contributed by atoms with van der Waals surface area (Å²) in [6.07, 6.45) is 7.47. The lowest BCUT2D eigenvalue weighted by atomic mass is 10.0. The molecule has 0 spiro atoms. The Morgan fingerprint density at radius 1 is 1.46 bits per heavy atom. The van der Waals surface area contributed by atoms with Crippen LogP contribution in [0, 0.1) is 12.8 Å². The number of nitrogens with one attached hydrogen (secondary N) is 1. The second-order valence-corrected chi connectivity index (χ2v) is 6.89. The summed E-state index contributed by atoms with van der Waals surface area (Å²) in [4.78, 5) is 18.3. The van der Waals surface area contributed by atoms with Crippen LogP contribution in [0.3, 0.4) is 0 Å². The first-order valence-electron chi connectivity index (χ1n) is 8.61. The monoisotopic (exact) mass is 326 g/mol. The van der Waals surface area contributed by atoms with Crippen LogP contribution in [0.4, 0.5) is 4.79 Å². The highest BCUT2D eigenvalue weighted by Crippen LogP contribution is 2.36. The molecule has 1 aliphatic carbocycles. The largest absolute Gasteiger partial charge is 0.337 e. The van der Waals surface area contributed by atoms with Crippen LogP contribution in [0.25, 0.3) is 0 Å². The SMILES string of the molecule is Cc1ccc2c(c1)[C@H](NC(=O)N(C)CCCn1ccnc1)[C@H](C)C2. The second kappa shape index (κ2) is 7.07. The van der Waals surface area contributed by atoms with Gasteiger partial charge in [0.25, 0.3) is 0 Å². The molecule has 0 saturated carbocycles. The Morgan fingerprint density at radius 3 is 3.04 bits per heavy atom. The summed E-state index contributed by atoms with van der Waals surface area (Å²) in [6, 6.07) is 6.68. The fourth-order valence-corrected chi connectivity index (χ4v) is 3.44. The molecule has 5 heteroatoms. The van der Waals surface area contributed by atoms with Gasteiger partial charge in [-0.05, 0) is 36.8 Å². The Bertz CT molecular complexity index is 695. The van der Waals surface area contributed by atoms with Gasteiger partial charge in [-0.2, -0.15) is 0 Å². The molecule has 0 radical (unpaired) electrons. The molecule has 3 rings (SSSR count). The van der Waals surface area contributed by atoms with Gasteiger partial charge in [0.15, 0.2) is 0 Å². The summed E-state index contributed by atoms with van der Waals surface area (Å²) in [7, 11) is 1.86. The quantitative estimate of drug-likeness (QED) is 0.917. The number of carbonyl (C=O) groups is 1. The summed E-state index contributed by atoms with van der Waals surface area (Å²) in [5.41, 5.74) is 3.89. The van der Waals surface area contributed by atoms with Gasteiger partial charge in [0, 0.05) is 32.5 Å². The first kappa shape index (κ1) is 16.6. The van der Waals surface area contributed by atoms with Gasteiger partial charge in [-0.1, -0.05) is 30.7 Å². The zero-order valence-corrected chi connectivity index (χ0v) is 14.7. The van der Waals surface area contributed by atoms with Crippen molar-refractivity contribution in [1.29, 1.82) is 0 Å². The lowest BCUT2D eigenvalue weighted by Crippen LogP contribution is -2.41. The maximum absolute atomic E-state index is 12.5. The zero-order chi connectivity index (χ0) is 17.1. The number of imidazole rings is 1. The maximum Gasteiger partial charge on any atom is 0.317 e. The van der Waals surface area contributed by atoms with Crippen molar-refractivity contribution >= 4 is 6.03 Å². The number of rotatable bonds is 5. The molecule has 0 bridgehead atoms. The Labute approximate surface area is 143 Å². The van der Waals surface area contributed by atoms with E-state index in [2.05, 4.69) is 42.3 Å². The van der Waals surface area contributed by atoms with Gasteiger partial charge < -0.3 is 14.8 Å². The van der Waals surface area contributed by atoms with Crippen LogP contribution in [0.5, 0.6) is 0 Å².